The molecule has 98 valence electrons. The van der Waals surface area contributed by atoms with E-state index in [1.165, 1.54) is 35.2 Å². The topological polar surface area (TPSA) is 25.4 Å². The maximum atomic E-state index is 5.90. The van der Waals surface area contributed by atoms with Gasteiger partial charge in [0.15, 0.2) is 0 Å². The second-order valence-electron chi connectivity index (χ2n) is 5.51. The zero-order valence-corrected chi connectivity index (χ0v) is 11.3. The quantitative estimate of drug-likeness (QED) is 0.722. The average Bonchev–Trinajstić information content (AvgIpc) is 2.60. The van der Waals surface area contributed by atoms with Gasteiger partial charge in [-0.2, -0.15) is 0 Å². The molecule has 1 aliphatic carbocycles. The highest BCUT2D eigenvalue weighted by molar-refractivity contribution is 5.99. The molecule has 1 aromatic heterocycles. The molecule has 0 radical (unpaired) electrons. The minimum absolute atomic E-state index is 0.749. The Morgan fingerprint density at radius 3 is 3.05 bits per heavy atom. The number of rotatable bonds is 0. The molecule has 4 rings (SSSR count). The Balaban J connectivity index is 2.12. The van der Waals surface area contributed by atoms with Gasteiger partial charge in [-0.25, -0.2) is 0 Å². The molecule has 2 aromatic rings. The number of anilines is 1. The number of benzene rings is 1. The van der Waals surface area contributed by atoms with E-state index < -0.39 is 0 Å². The van der Waals surface area contributed by atoms with Crippen LogP contribution in [0.5, 0.6) is 5.75 Å². The number of ether oxygens (including phenoxy) is 1. The van der Waals surface area contributed by atoms with Gasteiger partial charge >= 0.3 is 0 Å². The number of pyridine rings is 1. The highest BCUT2D eigenvalue weighted by Crippen LogP contribution is 2.40. The summed E-state index contributed by atoms with van der Waals surface area (Å²) in [4.78, 5) is 7.24. The van der Waals surface area contributed by atoms with E-state index in [1.807, 2.05) is 0 Å². The second kappa shape index (κ2) is 4.12. The molecule has 2 heterocycles. The fourth-order valence-electron chi connectivity index (χ4n) is 3.36. The Labute approximate surface area is 113 Å². The van der Waals surface area contributed by atoms with Gasteiger partial charge < -0.3 is 9.64 Å². The SMILES string of the molecule is CN1CCOc2cccc3nc4c(c1c23)CCCC4. The van der Waals surface area contributed by atoms with Crippen LogP contribution in [0.2, 0.25) is 0 Å². The summed E-state index contributed by atoms with van der Waals surface area (Å²) in [7, 11) is 2.18. The molecule has 1 aliphatic heterocycles. The van der Waals surface area contributed by atoms with Crippen LogP contribution in [0.15, 0.2) is 18.2 Å². The third kappa shape index (κ3) is 1.61. The van der Waals surface area contributed by atoms with Gasteiger partial charge in [-0.05, 0) is 43.4 Å². The maximum absolute atomic E-state index is 5.90. The van der Waals surface area contributed by atoms with E-state index in [2.05, 4.69) is 30.1 Å². The number of aryl methyl sites for hydroxylation is 1. The Morgan fingerprint density at radius 1 is 1.21 bits per heavy atom. The first-order valence-electron chi connectivity index (χ1n) is 7.13. The Bertz CT molecular complexity index is 651. The van der Waals surface area contributed by atoms with E-state index in [0.717, 1.165) is 37.3 Å². The van der Waals surface area contributed by atoms with Crippen molar-refractivity contribution >= 4 is 16.6 Å². The summed E-state index contributed by atoms with van der Waals surface area (Å²) in [5.74, 6) is 0.998. The molecule has 0 spiro atoms. The van der Waals surface area contributed by atoms with Crippen LogP contribution < -0.4 is 9.64 Å². The van der Waals surface area contributed by atoms with Crippen LogP contribution in [0.4, 0.5) is 5.69 Å². The number of likely N-dealkylation sites (N-methyl/N-ethyl adjacent to an activating group) is 1. The van der Waals surface area contributed by atoms with Crippen LogP contribution in [-0.4, -0.2) is 25.2 Å². The monoisotopic (exact) mass is 254 g/mol. The van der Waals surface area contributed by atoms with Crippen molar-refractivity contribution in [3.63, 3.8) is 0 Å². The molecule has 0 N–H and O–H groups in total. The van der Waals surface area contributed by atoms with Gasteiger partial charge in [0.25, 0.3) is 0 Å². The van der Waals surface area contributed by atoms with Crippen LogP contribution in [0.25, 0.3) is 10.9 Å². The summed E-state index contributed by atoms with van der Waals surface area (Å²) in [6, 6.07) is 6.23. The molecule has 2 aliphatic rings. The van der Waals surface area contributed by atoms with Gasteiger partial charge in [0.05, 0.1) is 23.1 Å². The molecule has 0 saturated heterocycles. The van der Waals surface area contributed by atoms with Crippen LogP contribution in [0.1, 0.15) is 24.1 Å². The standard InChI is InChI=1S/C16H18N2O/c1-18-9-10-19-14-8-4-7-13-15(14)16(18)11-5-2-3-6-12(11)17-13/h4,7-8H,2-3,5-6,9-10H2,1H3. The molecule has 0 fully saturated rings. The summed E-state index contributed by atoms with van der Waals surface area (Å²) in [5, 5.41) is 1.21. The molecule has 1 aromatic carbocycles. The molecule has 0 atom stereocenters. The first-order chi connectivity index (χ1) is 9.34. The molecule has 0 saturated carbocycles. The minimum atomic E-state index is 0.749. The normalized spacial score (nSPS) is 17.8. The van der Waals surface area contributed by atoms with Crippen molar-refractivity contribution in [2.24, 2.45) is 0 Å². The van der Waals surface area contributed by atoms with Crippen molar-refractivity contribution in [2.75, 3.05) is 25.1 Å². The highest BCUT2D eigenvalue weighted by atomic mass is 16.5. The molecule has 0 unspecified atom stereocenters. The van der Waals surface area contributed by atoms with E-state index in [-0.39, 0.29) is 0 Å². The zero-order chi connectivity index (χ0) is 12.8. The smallest absolute Gasteiger partial charge is 0.130 e. The van der Waals surface area contributed by atoms with Crippen molar-refractivity contribution in [1.29, 1.82) is 0 Å². The highest BCUT2D eigenvalue weighted by Gasteiger charge is 2.24. The molecule has 0 bridgehead atoms. The number of nitrogens with zero attached hydrogens (tertiary/aromatic N) is 2. The lowest BCUT2D eigenvalue weighted by Crippen LogP contribution is -2.24. The van der Waals surface area contributed by atoms with Crippen molar-refractivity contribution < 1.29 is 4.74 Å². The number of fused-ring (bicyclic) bond motifs is 2. The van der Waals surface area contributed by atoms with E-state index >= 15 is 0 Å². The third-order valence-corrected chi connectivity index (χ3v) is 4.29. The Kier molecular flexibility index (Phi) is 2.40. The van der Waals surface area contributed by atoms with Gasteiger partial charge in [-0.1, -0.05) is 6.07 Å². The second-order valence-corrected chi connectivity index (χ2v) is 5.51. The Hall–Kier alpha value is -1.77. The molecule has 19 heavy (non-hydrogen) atoms. The summed E-state index contributed by atoms with van der Waals surface area (Å²) in [5.41, 5.74) is 5.22. The number of hydrogen-bond donors (Lipinski definition) is 0. The first-order valence-corrected chi connectivity index (χ1v) is 7.13. The molecule has 3 nitrogen and oxygen atoms in total. The molecule has 0 amide bonds. The lowest BCUT2D eigenvalue weighted by atomic mass is 9.92. The third-order valence-electron chi connectivity index (χ3n) is 4.29. The first kappa shape index (κ1) is 11.1. The molecular weight excluding hydrogens is 236 g/mol. The summed E-state index contributed by atoms with van der Waals surface area (Å²) < 4.78 is 5.90. The fraction of sp³-hybridized carbons (Fsp3) is 0.438. The molecule has 3 heteroatoms. The fourth-order valence-corrected chi connectivity index (χ4v) is 3.36. The van der Waals surface area contributed by atoms with Crippen LogP contribution in [0, 0.1) is 0 Å². The predicted octanol–water partition coefficient (Wildman–Crippen LogP) is 2.94. The summed E-state index contributed by atoms with van der Waals surface area (Å²) >= 11 is 0. The molecular formula is C16H18N2O. The van der Waals surface area contributed by atoms with Gasteiger partial charge in [-0.15, -0.1) is 0 Å². The van der Waals surface area contributed by atoms with Gasteiger partial charge in [0.1, 0.15) is 12.4 Å². The lowest BCUT2D eigenvalue weighted by molar-refractivity contribution is 0.333. The van der Waals surface area contributed by atoms with Crippen LogP contribution >= 0.6 is 0 Å². The van der Waals surface area contributed by atoms with Gasteiger partial charge in [0, 0.05) is 12.7 Å². The summed E-state index contributed by atoms with van der Waals surface area (Å²) in [6.07, 6.45) is 4.83. The van der Waals surface area contributed by atoms with Crippen molar-refractivity contribution in [2.45, 2.75) is 25.7 Å². The van der Waals surface area contributed by atoms with Gasteiger partial charge in [0.2, 0.25) is 0 Å². The van der Waals surface area contributed by atoms with Crippen molar-refractivity contribution in [3.8, 4) is 5.75 Å². The predicted molar refractivity (Wildman–Crippen MR) is 77.2 cm³/mol. The van der Waals surface area contributed by atoms with E-state index in [9.17, 15) is 0 Å². The number of aromatic nitrogens is 1. The van der Waals surface area contributed by atoms with Crippen molar-refractivity contribution in [3.05, 3.63) is 29.5 Å². The van der Waals surface area contributed by atoms with Gasteiger partial charge in [-0.3, -0.25) is 4.98 Å². The zero-order valence-electron chi connectivity index (χ0n) is 11.3. The number of hydrogen-bond acceptors (Lipinski definition) is 3. The average molecular weight is 254 g/mol. The van der Waals surface area contributed by atoms with Crippen LogP contribution in [0.3, 0.4) is 0 Å². The van der Waals surface area contributed by atoms with Crippen LogP contribution in [-0.2, 0) is 12.8 Å². The van der Waals surface area contributed by atoms with E-state index in [1.54, 1.807) is 0 Å². The Morgan fingerprint density at radius 2 is 2.11 bits per heavy atom. The van der Waals surface area contributed by atoms with E-state index in [4.69, 9.17) is 9.72 Å². The van der Waals surface area contributed by atoms with E-state index in [0.29, 0.717) is 0 Å². The summed E-state index contributed by atoms with van der Waals surface area (Å²) in [6.45, 7) is 1.69. The lowest BCUT2D eigenvalue weighted by Gasteiger charge is -2.26. The largest absolute Gasteiger partial charge is 0.491 e. The minimum Gasteiger partial charge on any atom is -0.491 e. The van der Waals surface area contributed by atoms with Crippen molar-refractivity contribution in [1.82, 2.24) is 4.98 Å². The maximum Gasteiger partial charge on any atom is 0.130 e.